The molecule has 30 heavy (non-hydrogen) atoms. The molecule has 1 saturated heterocycles. The van der Waals surface area contributed by atoms with E-state index in [0.717, 1.165) is 24.0 Å². The number of hydrogen-bond donors (Lipinski definition) is 1. The van der Waals surface area contributed by atoms with Crippen LogP contribution in [0.15, 0.2) is 48.5 Å². The summed E-state index contributed by atoms with van der Waals surface area (Å²) in [6, 6.07) is 14.8. The summed E-state index contributed by atoms with van der Waals surface area (Å²) < 4.78 is 2.06. The number of hydrogen-bond acceptors (Lipinski definition) is 3. The third-order valence-corrected chi connectivity index (χ3v) is 5.83. The van der Waals surface area contributed by atoms with Gasteiger partial charge in [-0.15, -0.1) is 0 Å². The highest BCUT2D eigenvalue weighted by atomic mass is 35.5. The van der Waals surface area contributed by atoms with Crippen LogP contribution in [0.3, 0.4) is 0 Å². The van der Waals surface area contributed by atoms with Gasteiger partial charge in [0, 0.05) is 36.1 Å². The first-order chi connectivity index (χ1) is 14.6. The Kier molecular flexibility index (Phi) is 6.04. The quantitative estimate of drug-likeness (QED) is 0.651. The maximum atomic E-state index is 12.9. The standard InChI is InChI=1S/C23H25ClN4O2/c1-2-13-28-20-6-4-3-5-19(20)25-23(28)26-21(29)16-11-14-27(15-12-16)22(30)17-7-9-18(24)10-8-17/h3-10,16H,2,11-15H2,1H3,(H,25,26,29). The molecule has 3 aromatic rings. The number of aryl methyl sites for hydroxylation is 1. The van der Waals surface area contributed by atoms with Gasteiger partial charge in [0.2, 0.25) is 11.9 Å². The van der Waals surface area contributed by atoms with E-state index in [1.807, 2.05) is 24.3 Å². The Labute approximate surface area is 180 Å². The summed E-state index contributed by atoms with van der Waals surface area (Å²) in [6.07, 6.45) is 2.23. The summed E-state index contributed by atoms with van der Waals surface area (Å²) in [5, 5.41) is 3.64. The van der Waals surface area contributed by atoms with Crippen LogP contribution in [0, 0.1) is 5.92 Å². The van der Waals surface area contributed by atoms with Crippen LogP contribution in [0.1, 0.15) is 36.5 Å². The lowest BCUT2D eigenvalue weighted by Crippen LogP contribution is -2.41. The second-order valence-electron chi connectivity index (χ2n) is 7.64. The minimum absolute atomic E-state index is 0.0183. The molecule has 0 atom stereocenters. The number of aromatic nitrogens is 2. The van der Waals surface area contributed by atoms with Crippen LogP contribution in [-0.2, 0) is 11.3 Å². The van der Waals surface area contributed by atoms with E-state index >= 15 is 0 Å². The molecule has 1 fully saturated rings. The van der Waals surface area contributed by atoms with E-state index in [-0.39, 0.29) is 17.7 Å². The highest BCUT2D eigenvalue weighted by molar-refractivity contribution is 6.30. The molecular formula is C23H25ClN4O2. The van der Waals surface area contributed by atoms with Crippen molar-refractivity contribution < 1.29 is 9.59 Å². The third kappa shape index (κ3) is 4.19. The number of benzene rings is 2. The van der Waals surface area contributed by atoms with Gasteiger partial charge in [-0.1, -0.05) is 30.7 Å². The summed E-state index contributed by atoms with van der Waals surface area (Å²) >= 11 is 5.90. The number of nitrogens with zero attached hydrogens (tertiary/aromatic N) is 3. The molecule has 7 heteroatoms. The number of carbonyl (C=O) groups excluding carboxylic acids is 2. The number of carbonyl (C=O) groups is 2. The summed E-state index contributed by atoms with van der Waals surface area (Å²) in [5.74, 6) is 0.424. The third-order valence-electron chi connectivity index (χ3n) is 5.58. The Hall–Kier alpha value is -2.86. The fourth-order valence-corrected chi connectivity index (χ4v) is 4.08. The molecule has 2 amide bonds. The van der Waals surface area contributed by atoms with Crippen molar-refractivity contribution in [3.63, 3.8) is 0 Å². The van der Waals surface area contributed by atoms with Gasteiger partial charge in [0.1, 0.15) is 0 Å². The van der Waals surface area contributed by atoms with Gasteiger partial charge in [0.25, 0.3) is 5.91 Å². The molecule has 2 heterocycles. The van der Waals surface area contributed by atoms with Crippen LogP contribution < -0.4 is 5.32 Å². The fraction of sp³-hybridized carbons (Fsp3) is 0.348. The molecule has 0 aliphatic carbocycles. The van der Waals surface area contributed by atoms with Gasteiger partial charge in [0.15, 0.2) is 0 Å². The van der Waals surface area contributed by atoms with Crippen LogP contribution in [0.5, 0.6) is 0 Å². The zero-order valence-electron chi connectivity index (χ0n) is 17.0. The largest absolute Gasteiger partial charge is 0.339 e. The smallest absolute Gasteiger partial charge is 0.253 e. The van der Waals surface area contributed by atoms with E-state index in [9.17, 15) is 9.59 Å². The number of amides is 2. The molecule has 0 spiro atoms. The number of likely N-dealkylation sites (tertiary alicyclic amines) is 1. The molecule has 156 valence electrons. The SMILES string of the molecule is CCCn1c(NC(=O)C2CCN(C(=O)c3ccc(Cl)cc3)CC2)nc2ccccc21. The molecule has 1 aliphatic rings. The molecule has 1 aliphatic heterocycles. The van der Waals surface area contributed by atoms with Gasteiger partial charge in [-0.25, -0.2) is 4.98 Å². The number of para-hydroxylation sites is 2. The zero-order chi connectivity index (χ0) is 21.1. The second kappa shape index (κ2) is 8.88. The van der Waals surface area contributed by atoms with Crippen LogP contribution >= 0.6 is 11.6 Å². The number of imidazole rings is 1. The first-order valence-corrected chi connectivity index (χ1v) is 10.8. The average molecular weight is 425 g/mol. The Morgan fingerprint density at radius 3 is 2.50 bits per heavy atom. The number of anilines is 1. The number of piperidine rings is 1. The highest BCUT2D eigenvalue weighted by Crippen LogP contribution is 2.24. The van der Waals surface area contributed by atoms with Crippen molar-refractivity contribution in [2.45, 2.75) is 32.7 Å². The lowest BCUT2D eigenvalue weighted by molar-refractivity contribution is -0.121. The Balaban J connectivity index is 1.40. The summed E-state index contributed by atoms with van der Waals surface area (Å²) in [5.41, 5.74) is 2.53. The summed E-state index contributed by atoms with van der Waals surface area (Å²) in [7, 11) is 0. The molecule has 6 nitrogen and oxygen atoms in total. The first kappa shape index (κ1) is 20.4. The highest BCUT2D eigenvalue weighted by Gasteiger charge is 2.28. The zero-order valence-corrected chi connectivity index (χ0v) is 17.7. The number of fused-ring (bicyclic) bond motifs is 1. The van der Waals surface area contributed by atoms with Gasteiger partial charge in [-0.05, 0) is 55.7 Å². The van der Waals surface area contributed by atoms with E-state index in [2.05, 4.69) is 21.8 Å². The van der Waals surface area contributed by atoms with Crippen LogP contribution in [0.25, 0.3) is 11.0 Å². The molecule has 0 saturated carbocycles. The predicted molar refractivity (Wildman–Crippen MR) is 119 cm³/mol. The number of nitrogens with one attached hydrogen (secondary N) is 1. The average Bonchev–Trinajstić information content (AvgIpc) is 3.11. The minimum Gasteiger partial charge on any atom is -0.339 e. The van der Waals surface area contributed by atoms with Crippen LogP contribution in [-0.4, -0.2) is 39.4 Å². The van der Waals surface area contributed by atoms with Gasteiger partial charge in [0.05, 0.1) is 11.0 Å². The Morgan fingerprint density at radius 1 is 1.10 bits per heavy atom. The maximum absolute atomic E-state index is 12.9. The normalized spacial score (nSPS) is 14.8. The second-order valence-corrected chi connectivity index (χ2v) is 8.07. The van der Waals surface area contributed by atoms with Crippen molar-refractivity contribution in [1.82, 2.24) is 14.5 Å². The summed E-state index contributed by atoms with van der Waals surface area (Å²) in [6.45, 7) is 4.02. The van der Waals surface area contributed by atoms with Crippen molar-refractivity contribution in [2.24, 2.45) is 5.92 Å². The molecule has 4 rings (SSSR count). The van der Waals surface area contributed by atoms with Crippen molar-refractivity contribution in [3.05, 3.63) is 59.1 Å². The van der Waals surface area contributed by atoms with E-state index in [1.54, 1.807) is 29.2 Å². The molecule has 2 aromatic carbocycles. The van der Waals surface area contributed by atoms with Gasteiger partial charge >= 0.3 is 0 Å². The summed E-state index contributed by atoms with van der Waals surface area (Å²) in [4.78, 5) is 32.0. The Bertz CT molecular complexity index is 1050. The first-order valence-electron chi connectivity index (χ1n) is 10.4. The molecule has 1 N–H and O–H groups in total. The molecule has 0 radical (unpaired) electrons. The Morgan fingerprint density at radius 2 is 1.80 bits per heavy atom. The van der Waals surface area contributed by atoms with Crippen molar-refractivity contribution in [3.8, 4) is 0 Å². The lowest BCUT2D eigenvalue weighted by atomic mass is 9.95. The molecule has 0 unspecified atom stereocenters. The van der Waals surface area contributed by atoms with Crippen molar-refractivity contribution in [2.75, 3.05) is 18.4 Å². The number of rotatable bonds is 5. The number of halogens is 1. The maximum Gasteiger partial charge on any atom is 0.253 e. The van der Waals surface area contributed by atoms with Crippen molar-refractivity contribution in [1.29, 1.82) is 0 Å². The van der Waals surface area contributed by atoms with E-state index < -0.39 is 0 Å². The van der Waals surface area contributed by atoms with E-state index in [1.165, 1.54) is 0 Å². The van der Waals surface area contributed by atoms with Gasteiger partial charge in [-0.2, -0.15) is 0 Å². The van der Waals surface area contributed by atoms with Crippen LogP contribution in [0.2, 0.25) is 5.02 Å². The fourth-order valence-electron chi connectivity index (χ4n) is 3.95. The monoisotopic (exact) mass is 424 g/mol. The minimum atomic E-state index is -0.130. The molecule has 1 aromatic heterocycles. The predicted octanol–water partition coefficient (Wildman–Crippen LogP) is 4.59. The van der Waals surface area contributed by atoms with Crippen LogP contribution in [0.4, 0.5) is 5.95 Å². The topological polar surface area (TPSA) is 67.2 Å². The molecule has 0 bridgehead atoms. The molecular weight excluding hydrogens is 400 g/mol. The van der Waals surface area contributed by atoms with E-state index in [0.29, 0.717) is 42.5 Å². The van der Waals surface area contributed by atoms with Gasteiger partial charge in [-0.3, -0.25) is 14.9 Å². The van der Waals surface area contributed by atoms with Crippen molar-refractivity contribution >= 4 is 40.4 Å². The van der Waals surface area contributed by atoms with E-state index in [4.69, 9.17) is 11.6 Å². The lowest BCUT2D eigenvalue weighted by Gasteiger charge is -2.31. The van der Waals surface area contributed by atoms with Gasteiger partial charge < -0.3 is 9.47 Å².